The highest BCUT2D eigenvalue weighted by Gasteiger charge is 2.38. The van der Waals surface area contributed by atoms with Gasteiger partial charge in [-0.15, -0.1) is 0 Å². The molecule has 0 heterocycles. The van der Waals surface area contributed by atoms with Gasteiger partial charge >= 0.3 is 0 Å². The van der Waals surface area contributed by atoms with Gasteiger partial charge in [0.15, 0.2) is 0 Å². The maximum Gasteiger partial charge on any atom is 0.0177 e. The maximum atomic E-state index is 5.68. The van der Waals surface area contributed by atoms with Crippen molar-refractivity contribution in [2.45, 2.75) is 40.5 Å². The van der Waals surface area contributed by atoms with Gasteiger partial charge in [-0.2, -0.15) is 0 Å². The summed E-state index contributed by atoms with van der Waals surface area (Å²) < 4.78 is 0. The minimum Gasteiger partial charge on any atom is -0.326 e. The standard InChI is InChI=1S/C15H25N/c1-5-14(3,6-2)15(4)10-7-8-13(12-16)9-11-15/h7-11H,5-6,12,16H2,1-4H3. The largest absolute Gasteiger partial charge is 0.326 e. The van der Waals surface area contributed by atoms with Gasteiger partial charge in [-0.1, -0.05) is 58.1 Å². The lowest BCUT2D eigenvalue weighted by atomic mass is 9.62. The zero-order chi connectivity index (χ0) is 12.2. The zero-order valence-corrected chi connectivity index (χ0v) is 11.1. The second kappa shape index (κ2) is 5.01. The molecule has 0 aromatic carbocycles. The fourth-order valence-electron chi connectivity index (χ4n) is 2.31. The van der Waals surface area contributed by atoms with E-state index in [0.29, 0.717) is 12.0 Å². The van der Waals surface area contributed by atoms with Gasteiger partial charge in [0, 0.05) is 12.0 Å². The summed E-state index contributed by atoms with van der Waals surface area (Å²) in [4.78, 5) is 0. The Balaban J connectivity index is 3.05. The van der Waals surface area contributed by atoms with Crippen LogP contribution in [0.4, 0.5) is 0 Å². The van der Waals surface area contributed by atoms with Gasteiger partial charge in [0.25, 0.3) is 0 Å². The van der Waals surface area contributed by atoms with Crippen LogP contribution in [0, 0.1) is 10.8 Å². The summed E-state index contributed by atoms with van der Waals surface area (Å²) in [5.41, 5.74) is 7.33. The molecular formula is C15H25N. The maximum absolute atomic E-state index is 5.68. The quantitative estimate of drug-likeness (QED) is 0.764. The summed E-state index contributed by atoms with van der Waals surface area (Å²) in [6.45, 7) is 9.86. The number of rotatable bonds is 4. The zero-order valence-electron chi connectivity index (χ0n) is 11.1. The Labute approximate surface area is 100 Å². The van der Waals surface area contributed by atoms with Crippen molar-refractivity contribution in [3.05, 3.63) is 36.0 Å². The monoisotopic (exact) mass is 219 g/mol. The molecule has 0 spiro atoms. The van der Waals surface area contributed by atoms with E-state index in [9.17, 15) is 0 Å². The molecule has 0 radical (unpaired) electrons. The third kappa shape index (κ3) is 2.30. The molecule has 1 rings (SSSR count). The predicted molar refractivity (Wildman–Crippen MR) is 72.2 cm³/mol. The summed E-state index contributed by atoms with van der Waals surface area (Å²) in [6.07, 6.45) is 13.5. The first-order valence-corrected chi connectivity index (χ1v) is 6.29. The fourth-order valence-corrected chi connectivity index (χ4v) is 2.31. The molecule has 0 aromatic rings. The van der Waals surface area contributed by atoms with Crippen LogP contribution in [0.2, 0.25) is 0 Å². The van der Waals surface area contributed by atoms with Crippen LogP contribution in [0.5, 0.6) is 0 Å². The average Bonchev–Trinajstić information content (AvgIpc) is 2.51. The van der Waals surface area contributed by atoms with Gasteiger partial charge in [0.05, 0.1) is 0 Å². The van der Waals surface area contributed by atoms with Gasteiger partial charge < -0.3 is 5.73 Å². The second-order valence-corrected chi connectivity index (χ2v) is 5.19. The van der Waals surface area contributed by atoms with E-state index in [-0.39, 0.29) is 5.41 Å². The molecule has 0 saturated carbocycles. The Bertz CT molecular complexity index is 318. The normalized spacial score (nSPS) is 25.4. The topological polar surface area (TPSA) is 26.0 Å². The summed E-state index contributed by atoms with van der Waals surface area (Å²) >= 11 is 0. The molecule has 1 unspecified atom stereocenters. The van der Waals surface area contributed by atoms with Gasteiger partial charge in [0.2, 0.25) is 0 Å². The fraction of sp³-hybridized carbons (Fsp3) is 0.600. The van der Waals surface area contributed by atoms with Crippen LogP contribution in [0.15, 0.2) is 36.0 Å². The molecule has 0 saturated heterocycles. The highest BCUT2D eigenvalue weighted by Crippen LogP contribution is 2.47. The lowest BCUT2D eigenvalue weighted by Gasteiger charge is -2.42. The van der Waals surface area contributed by atoms with E-state index >= 15 is 0 Å². The Hall–Kier alpha value is -0.820. The van der Waals surface area contributed by atoms with E-state index in [1.165, 1.54) is 18.4 Å². The third-order valence-corrected chi connectivity index (χ3v) is 4.49. The van der Waals surface area contributed by atoms with Crippen LogP contribution in [0.1, 0.15) is 40.5 Å². The minimum absolute atomic E-state index is 0.129. The number of hydrogen-bond donors (Lipinski definition) is 1. The molecule has 1 nitrogen and oxygen atoms in total. The molecule has 90 valence electrons. The Morgan fingerprint density at radius 1 is 1.25 bits per heavy atom. The van der Waals surface area contributed by atoms with Crippen molar-refractivity contribution in [2.75, 3.05) is 6.54 Å². The van der Waals surface area contributed by atoms with Gasteiger partial charge in [-0.25, -0.2) is 0 Å². The van der Waals surface area contributed by atoms with Crippen molar-refractivity contribution in [3.63, 3.8) is 0 Å². The van der Waals surface area contributed by atoms with Gasteiger partial charge in [0.1, 0.15) is 0 Å². The Morgan fingerprint density at radius 3 is 2.38 bits per heavy atom. The molecule has 1 heteroatoms. The lowest BCUT2D eigenvalue weighted by Crippen LogP contribution is -2.33. The van der Waals surface area contributed by atoms with Crippen LogP contribution in [0.25, 0.3) is 0 Å². The van der Waals surface area contributed by atoms with Crippen molar-refractivity contribution in [2.24, 2.45) is 16.6 Å². The third-order valence-electron chi connectivity index (χ3n) is 4.49. The first-order valence-electron chi connectivity index (χ1n) is 6.29. The first kappa shape index (κ1) is 13.2. The van der Waals surface area contributed by atoms with Crippen molar-refractivity contribution in [1.29, 1.82) is 0 Å². The Kier molecular flexibility index (Phi) is 4.15. The number of allylic oxidation sites excluding steroid dienone is 4. The second-order valence-electron chi connectivity index (χ2n) is 5.19. The molecule has 0 aromatic heterocycles. The molecule has 2 N–H and O–H groups in total. The molecule has 1 atom stereocenters. The van der Waals surface area contributed by atoms with Crippen LogP contribution >= 0.6 is 0 Å². The molecule has 0 aliphatic heterocycles. The van der Waals surface area contributed by atoms with Crippen LogP contribution in [-0.2, 0) is 0 Å². The molecule has 0 fully saturated rings. The van der Waals surface area contributed by atoms with E-state index in [0.717, 1.165) is 0 Å². The van der Waals surface area contributed by atoms with Crippen LogP contribution < -0.4 is 5.73 Å². The van der Waals surface area contributed by atoms with Gasteiger partial charge in [-0.05, 0) is 23.8 Å². The van der Waals surface area contributed by atoms with Crippen LogP contribution in [-0.4, -0.2) is 6.54 Å². The van der Waals surface area contributed by atoms with E-state index in [2.05, 4.69) is 58.1 Å². The molecular weight excluding hydrogens is 194 g/mol. The molecule has 0 bridgehead atoms. The minimum atomic E-state index is 0.129. The summed E-state index contributed by atoms with van der Waals surface area (Å²) in [5.74, 6) is 0. The summed E-state index contributed by atoms with van der Waals surface area (Å²) in [5, 5.41) is 0. The number of nitrogens with two attached hydrogens (primary N) is 1. The lowest BCUT2D eigenvalue weighted by molar-refractivity contribution is 0.155. The average molecular weight is 219 g/mol. The van der Waals surface area contributed by atoms with Crippen molar-refractivity contribution in [1.82, 2.24) is 0 Å². The Morgan fingerprint density at radius 2 is 1.88 bits per heavy atom. The van der Waals surface area contributed by atoms with Crippen molar-refractivity contribution in [3.8, 4) is 0 Å². The molecule has 0 amide bonds. The van der Waals surface area contributed by atoms with E-state index in [1.54, 1.807) is 0 Å². The van der Waals surface area contributed by atoms with Crippen molar-refractivity contribution < 1.29 is 0 Å². The summed E-state index contributed by atoms with van der Waals surface area (Å²) in [6, 6.07) is 0. The predicted octanol–water partition coefficient (Wildman–Crippen LogP) is 3.83. The SMILES string of the molecule is CCC(C)(CC)C1(C)C=CC=C(CN)C=C1. The number of hydrogen-bond acceptors (Lipinski definition) is 1. The molecule has 1 aliphatic carbocycles. The highest BCUT2D eigenvalue weighted by molar-refractivity contribution is 5.33. The molecule has 16 heavy (non-hydrogen) atoms. The van der Waals surface area contributed by atoms with Gasteiger partial charge in [-0.3, -0.25) is 0 Å². The van der Waals surface area contributed by atoms with E-state index < -0.39 is 0 Å². The van der Waals surface area contributed by atoms with Crippen LogP contribution in [0.3, 0.4) is 0 Å². The van der Waals surface area contributed by atoms with E-state index in [4.69, 9.17) is 5.73 Å². The molecule has 1 aliphatic rings. The van der Waals surface area contributed by atoms with E-state index in [1.807, 2.05) is 0 Å². The van der Waals surface area contributed by atoms with Crippen molar-refractivity contribution >= 4 is 0 Å². The summed E-state index contributed by atoms with van der Waals surface area (Å²) in [7, 11) is 0. The highest BCUT2D eigenvalue weighted by atomic mass is 14.5. The first-order chi connectivity index (χ1) is 7.51. The smallest absolute Gasteiger partial charge is 0.0177 e.